The Hall–Kier alpha value is -4.02. The third-order valence-electron chi connectivity index (χ3n) is 8.79. The van der Waals surface area contributed by atoms with Gasteiger partial charge in [0.2, 0.25) is 5.91 Å². The second kappa shape index (κ2) is 19.2. The van der Waals surface area contributed by atoms with Crippen LogP contribution in [0, 0.1) is 19.8 Å². The third-order valence-corrected chi connectivity index (χ3v) is 9.16. The van der Waals surface area contributed by atoms with Gasteiger partial charge < -0.3 is 30.3 Å². The standard InChI is InChI=1S/C39H52N4O5S/c1-27(2)36(43-21-13-20-40-39(43)46)38(45)41-32(22-30-16-8-6-9-17-30)24-34(48-26-49-5)33(23-31-18-10-7-11-19-31)42-35(44)25-47-37-28(3)14-12-15-29(37)4/h6-12,14-19,27,32-34,36H,13,20-26H2,1-5H3,(H,40,46)(H,41,45)(H,42,44)/t32-,33-,34-,36?/m0/s1. The van der Waals surface area contributed by atoms with Crippen LogP contribution >= 0.6 is 11.8 Å². The summed E-state index contributed by atoms with van der Waals surface area (Å²) in [4.78, 5) is 42.1. The average Bonchev–Trinajstić information content (AvgIpc) is 3.08. The normalized spacial score (nSPS) is 15.6. The first-order valence-electron chi connectivity index (χ1n) is 17.2. The van der Waals surface area contributed by atoms with Crippen LogP contribution in [0.15, 0.2) is 78.9 Å². The van der Waals surface area contributed by atoms with Crippen LogP contribution in [-0.2, 0) is 27.2 Å². The van der Waals surface area contributed by atoms with Gasteiger partial charge in [0.1, 0.15) is 11.8 Å². The highest BCUT2D eigenvalue weighted by molar-refractivity contribution is 7.98. The second-order valence-corrected chi connectivity index (χ2v) is 13.9. The molecule has 0 radical (unpaired) electrons. The van der Waals surface area contributed by atoms with Crippen molar-refractivity contribution in [1.29, 1.82) is 0 Å². The maximum absolute atomic E-state index is 14.1. The SMILES string of the molecule is CSCO[C@@H](C[C@H](Cc1ccccc1)NC(=O)C(C(C)C)N1CCCNC1=O)[C@H](Cc1ccccc1)NC(=O)COc1c(C)cccc1C. The van der Waals surface area contributed by atoms with Gasteiger partial charge in [0.05, 0.1) is 18.1 Å². The van der Waals surface area contributed by atoms with Gasteiger partial charge in [-0.25, -0.2) is 4.79 Å². The van der Waals surface area contributed by atoms with Gasteiger partial charge in [-0.1, -0.05) is 92.7 Å². The van der Waals surface area contributed by atoms with Crippen molar-refractivity contribution in [1.82, 2.24) is 20.9 Å². The van der Waals surface area contributed by atoms with Crippen molar-refractivity contribution in [3.63, 3.8) is 0 Å². The molecule has 1 aliphatic heterocycles. The van der Waals surface area contributed by atoms with E-state index >= 15 is 0 Å². The van der Waals surface area contributed by atoms with Crippen LogP contribution in [-0.4, -0.2) is 78.9 Å². The molecule has 0 aromatic heterocycles. The predicted octanol–water partition coefficient (Wildman–Crippen LogP) is 5.67. The summed E-state index contributed by atoms with van der Waals surface area (Å²) in [5, 5.41) is 9.44. The number of carbonyl (C=O) groups excluding carboxylic acids is 3. The molecular weight excluding hydrogens is 637 g/mol. The first-order valence-corrected chi connectivity index (χ1v) is 18.6. The van der Waals surface area contributed by atoms with E-state index in [4.69, 9.17) is 9.47 Å². The molecule has 3 aromatic rings. The molecule has 4 amide bonds. The number of nitrogens with zero attached hydrogens (tertiary/aromatic N) is 1. The molecular formula is C39H52N4O5S. The minimum atomic E-state index is -0.619. The molecule has 4 atom stereocenters. The van der Waals surface area contributed by atoms with Crippen molar-refractivity contribution >= 4 is 29.6 Å². The van der Waals surface area contributed by atoms with Crippen molar-refractivity contribution in [3.8, 4) is 5.75 Å². The second-order valence-electron chi connectivity index (χ2n) is 13.1. The fraction of sp³-hybridized carbons (Fsp3) is 0.462. The smallest absolute Gasteiger partial charge is 0.318 e. The highest BCUT2D eigenvalue weighted by Gasteiger charge is 2.36. The number of aryl methyl sites for hydroxylation is 2. The highest BCUT2D eigenvalue weighted by Crippen LogP contribution is 2.23. The van der Waals surface area contributed by atoms with Gasteiger partial charge in [0, 0.05) is 19.1 Å². The summed E-state index contributed by atoms with van der Waals surface area (Å²) in [5.41, 5.74) is 4.06. The Morgan fingerprint density at radius 1 is 0.898 bits per heavy atom. The molecule has 0 spiro atoms. The first-order chi connectivity index (χ1) is 23.7. The summed E-state index contributed by atoms with van der Waals surface area (Å²) >= 11 is 1.56. The monoisotopic (exact) mass is 688 g/mol. The molecule has 4 rings (SSSR count). The zero-order valence-corrected chi connectivity index (χ0v) is 30.3. The molecule has 49 heavy (non-hydrogen) atoms. The highest BCUT2D eigenvalue weighted by atomic mass is 32.2. The summed E-state index contributed by atoms with van der Waals surface area (Å²) in [6.07, 6.45) is 3.85. The van der Waals surface area contributed by atoms with Crippen molar-refractivity contribution in [3.05, 3.63) is 101 Å². The molecule has 1 saturated heterocycles. The van der Waals surface area contributed by atoms with E-state index in [1.54, 1.807) is 16.7 Å². The number of rotatable bonds is 18. The van der Waals surface area contributed by atoms with E-state index in [0.717, 1.165) is 28.7 Å². The van der Waals surface area contributed by atoms with E-state index in [2.05, 4.69) is 16.0 Å². The Bertz CT molecular complexity index is 1470. The number of hydrogen-bond donors (Lipinski definition) is 3. The number of urea groups is 1. The molecule has 264 valence electrons. The number of nitrogens with one attached hydrogen (secondary N) is 3. The van der Waals surface area contributed by atoms with Crippen LogP contribution in [0.1, 0.15) is 48.9 Å². The summed E-state index contributed by atoms with van der Waals surface area (Å²) in [6, 6.07) is 24.4. The molecule has 0 aliphatic carbocycles. The van der Waals surface area contributed by atoms with Crippen LogP contribution < -0.4 is 20.7 Å². The largest absolute Gasteiger partial charge is 0.483 e. The van der Waals surface area contributed by atoms with Gasteiger partial charge in [-0.3, -0.25) is 9.59 Å². The summed E-state index contributed by atoms with van der Waals surface area (Å²) in [7, 11) is 0. The Morgan fingerprint density at radius 2 is 1.53 bits per heavy atom. The fourth-order valence-corrected chi connectivity index (χ4v) is 6.75. The summed E-state index contributed by atoms with van der Waals surface area (Å²) in [5.74, 6) is 0.592. The Morgan fingerprint density at radius 3 is 2.12 bits per heavy atom. The lowest BCUT2D eigenvalue weighted by atomic mass is 9.92. The average molecular weight is 689 g/mol. The molecule has 1 fully saturated rings. The molecule has 3 N–H and O–H groups in total. The van der Waals surface area contributed by atoms with E-state index < -0.39 is 18.2 Å². The van der Waals surface area contributed by atoms with Crippen LogP contribution in [0.2, 0.25) is 0 Å². The molecule has 3 aromatic carbocycles. The van der Waals surface area contributed by atoms with Crippen molar-refractivity contribution in [2.24, 2.45) is 5.92 Å². The number of carbonyl (C=O) groups is 3. The van der Waals surface area contributed by atoms with Crippen LogP contribution in [0.5, 0.6) is 5.75 Å². The molecule has 1 aliphatic rings. The van der Waals surface area contributed by atoms with Gasteiger partial charge in [-0.15, -0.1) is 11.8 Å². The van der Waals surface area contributed by atoms with Crippen LogP contribution in [0.25, 0.3) is 0 Å². The fourth-order valence-electron chi connectivity index (χ4n) is 6.44. The van der Waals surface area contributed by atoms with Gasteiger partial charge in [0.15, 0.2) is 6.61 Å². The molecule has 0 bridgehead atoms. The molecule has 0 saturated carbocycles. The molecule has 1 unspecified atom stereocenters. The van der Waals surface area contributed by atoms with E-state index in [9.17, 15) is 14.4 Å². The van der Waals surface area contributed by atoms with E-state index in [-0.39, 0.29) is 36.4 Å². The van der Waals surface area contributed by atoms with Gasteiger partial charge in [0.25, 0.3) is 5.91 Å². The van der Waals surface area contributed by atoms with E-state index in [1.165, 1.54) is 0 Å². The van der Waals surface area contributed by atoms with Gasteiger partial charge in [-0.05, 0) is 74.0 Å². The van der Waals surface area contributed by atoms with Gasteiger partial charge in [-0.2, -0.15) is 0 Å². The zero-order valence-electron chi connectivity index (χ0n) is 29.4. The summed E-state index contributed by atoms with van der Waals surface area (Å²) in [6.45, 7) is 8.87. The van der Waals surface area contributed by atoms with Gasteiger partial charge >= 0.3 is 6.03 Å². The molecule has 1 heterocycles. The Balaban J connectivity index is 1.60. The van der Waals surface area contributed by atoms with E-state index in [1.807, 2.05) is 113 Å². The van der Waals surface area contributed by atoms with Crippen molar-refractivity contribution in [2.75, 3.05) is 31.9 Å². The number of benzene rings is 3. The number of para-hydroxylation sites is 1. The van der Waals surface area contributed by atoms with E-state index in [0.29, 0.717) is 44.0 Å². The third kappa shape index (κ3) is 11.5. The number of amides is 4. The number of hydrogen-bond acceptors (Lipinski definition) is 6. The first kappa shape index (κ1) is 37.8. The quantitative estimate of drug-likeness (QED) is 0.149. The Labute approximate surface area is 295 Å². The molecule has 10 heteroatoms. The lowest BCUT2D eigenvalue weighted by Crippen LogP contribution is -2.59. The predicted molar refractivity (Wildman–Crippen MR) is 197 cm³/mol. The lowest BCUT2D eigenvalue weighted by molar-refractivity contribution is -0.128. The Kier molecular flexibility index (Phi) is 14.8. The minimum absolute atomic E-state index is 0.0910. The number of ether oxygens (including phenoxy) is 2. The minimum Gasteiger partial charge on any atom is -0.483 e. The van der Waals surface area contributed by atoms with Crippen molar-refractivity contribution in [2.45, 2.75) is 77.6 Å². The lowest BCUT2D eigenvalue weighted by Gasteiger charge is -2.37. The van der Waals surface area contributed by atoms with Crippen molar-refractivity contribution < 1.29 is 23.9 Å². The maximum atomic E-state index is 14.1. The zero-order chi connectivity index (χ0) is 35.2. The van der Waals surface area contributed by atoms with Crippen LogP contribution in [0.4, 0.5) is 4.79 Å². The maximum Gasteiger partial charge on any atom is 0.318 e. The summed E-state index contributed by atoms with van der Waals surface area (Å²) < 4.78 is 12.5. The topological polar surface area (TPSA) is 109 Å². The number of thioether (sulfide) groups is 1. The molecule has 9 nitrogen and oxygen atoms in total. The van der Waals surface area contributed by atoms with Crippen LogP contribution in [0.3, 0.4) is 0 Å².